The third-order valence-electron chi connectivity index (χ3n) is 12.0. The second-order valence-corrected chi connectivity index (χ2v) is 16.1. The molecule has 0 fully saturated rings. The van der Waals surface area contributed by atoms with Gasteiger partial charge in [-0.2, -0.15) is 0 Å². The summed E-state index contributed by atoms with van der Waals surface area (Å²) in [5, 5.41) is 0. The van der Waals surface area contributed by atoms with Crippen LogP contribution in [-0.4, -0.2) is 15.0 Å². The van der Waals surface area contributed by atoms with Crippen LogP contribution >= 0.6 is 0 Å². The molecule has 2 heterocycles. The van der Waals surface area contributed by atoms with Gasteiger partial charge in [0.1, 0.15) is 0 Å². The molecule has 0 spiro atoms. The Morgan fingerprint density at radius 1 is 0.321 bits per heavy atom. The van der Waals surface area contributed by atoms with Gasteiger partial charge in [0.2, 0.25) is 0 Å². The normalized spacial score (nSPS) is 14.6. The molecule has 0 atom stereocenters. The molecule has 56 heavy (non-hydrogen) atoms. The van der Waals surface area contributed by atoms with Crippen molar-refractivity contribution < 1.29 is 9.47 Å². The Balaban J connectivity index is 0.965. The maximum Gasteiger partial charge on any atom is 0.170 e. The Morgan fingerprint density at radius 2 is 0.804 bits per heavy atom. The lowest BCUT2D eigenvalue weighted by Gasteiger charge is -2.25. The summed E-state index contributed by atoms with van der Waals surface area (Å²) >= 11 is 0. The van der Waals surface area contributed by atoms with Crippen LogP contribution in [0.5, 0.6) is 23.0 Å². The van der Waals surface area contributed by atoms with E-state index in [1.54, 1.807) is 0 Å². The Kier molecular flexibility index (Phi) is 6.88. The number of ether oxygens (including phenoxy) is 2. The zero-order valence-electron chi connectivity index (χ0n) is 31.6. The third kappa shape index (κ3) is 4.90. The summed E-state index contributed by atoms with van der Waals surface area (Å²) in [5.41, 5.74) is 14.8. The van der Waals surface area contributed by atoms with Gasteiger partial charge in [0.05, 0.1) is 0 Å². The van der Waals surface area contributed by atoms with Crippen LogP contribution in [0.4, 0.5) is 0 Å². The predicted octanol–water partition coefficient (Wildman–Crippen LogP) is 13.1. The average molecular weight is 724 g/mol. The highest BCUT2D eigenvalue weighted by Gasteiger charge is 2.38. The minimum Gasteiger partial charge on any atom is -0.450 e. The lowest BCUT2D eigenvalue weighted by molar-refractivity contribution is 0.359. The van der Waals surface area contributed by atoms with Gasteiger partial charge in [0.25, 0.3) is 0 Å². The van der Waals surface area contributed by atoms with Crippen LogP contribution in [0.1, 0.15) is 49.9 Å². The van der Waals surface area contributed by atoms with Crippen molar-refractivity contribution in [2.45, 2.75) is 38.5 Å². The second kappa shape index (κ2) is 11.8. The standard InChI is InChI=1S/C51H37N3O2/c1-50(2)39-19-10-8-17-35(39)37-23-21-34(26-41(37)50)49-53-47(30-13-6-5-7-14-30)52-48(54-49)33-16-12-15-31(25-33)32-22-24-43-44(27-32)56-45-28-38-36-18-9-11-20-40(36)51(3,4)42(38)29-46(45)55-43/h5-29H,1-4H3. The lowest BCUT2D eigenvalue weighted by atomic mass is 9.82. The van der Waals surface area contributed by atoms with Crippen molar-refractivity contribution in [1.29, 1.82) is 0 Å². The van der Waals surface area contributed by atoms with Crippen LogP contribution in [0, 0.1) is 0 Å². The quantitative estimate of drug-likeness (QED) is 0.181. The van der Waals surface area contributed by atoms with Gasteiger partial charge >= 0.3 is 0 Å². The van der Waals surface area contributed by atoms with Crippen molar-refractivity contribution in [2.24, 2.45) is 0 Å². The minimum absolute atomic E-state index is 0.120. The van der Waals surface area contributed by atoms with E-state index in [1.165, 1.54) is 44.5 Å². The van der Waals surface area contributed by atoms with Crippen molar-refractivity contribution in [1.82, 2.24) is 15.0 Å². The number of aromatic nitrogens is 3. The topological polar surface area (TPSA) is 57.1 Å². The molecular formula is C51H37N3O2. The average Bonchev–Trinajstić information content (AvgIpc) is 3.60. The van der Waals surface area contributed by atoms with Gasteiger partial charge in [-0.1, -0.05) is 143 Å². The maximum atomic E-state index is 6.60. The van der Waals surface area contributed by atoms with Gasteiger partial charge in [-0.3, -0.25) is 0 Å². The molecule has 0 amide bonds. The van der Waals surface area contributed by atoms with Crippen LogP contribution in [-0.2, 0) is 10.8 Å². The molecule has 0 saturated heterocycles. The van der Waals surface area contributed by atoms with E-state index in [1.807, 2.05) is 36.4 Å². The minimum atomic E-state index is -0.136. The Hall–Kier alpha value is -6.85. The van der Waals surface area contributed by atoms with Crippen LogP contribution in [0.3, 0.4) is 0 Å². The zero-order chi connectivity index (χ0) is 37.8. The molecule has 5 heteroatoms. The van der Waals surface area contributed by atoms with Crippen molar-refractivity contribution >= 4 is 0 Å². The highest BCUT2D eigenvalue weighted by Crippen LogP contribution is 2.55. The van der Waals surface area contributed by atoms with Crippen molar-refractivity contribution in [2.75, 3.05) is 0 Å². The molecule has 7 aromatic carbocycles. The first-order valence-electron chi connectivity index (χ1n) is 19.2. The molecule has 11 rings (SSSR count). The highest BCUT2D eigenvalue weighted by atomic mass is 16.6. The van der Waals surface area contributed by atoms with E-state index in [2.05, 4.69) is 143 Å². The lowest BCUT2D eigenvalue weighted by Crippen LogP contribution is -2.15. The Labute approximate surface area is 326 Å². The Bertz CT molecular complexity index is 2930. The van der Waals surface area contributed by atoms with E-state index in [0.717, 1.165) is 39.3 Å². The van der Waals surface area contributed by atoms with E-state index in [0.29, 0.717) is 29.0 Å². The fraction of sp³-hybridized carbons (Fsp3) is 0.118. The van der Waals surface area contributed by atoms with Crippen molar-refractivity contribution in [3.05, 3.63) is 174 Å². The van der Waals surface area contributed by atoms with Gasteiger partial charge in [-0.15, -0.1) is 0 Å². The highest BCUT2D eigenvalue weighted by molar-refractivity contribution is 5.85. The molecule has 1 aliphatic heterocycles. The van der Waals surface area contributed by atoms with Gasteiger partial charge < -0.3 is 9.47 Å². The Morgan fingerprint density at radius 3 is 1.54 bits per heavy atom. The summed E-state index contributed by atoms with van der Waals surface area (Å²) in [4.78, 5) is 15.2. The molecule has 2 aliphatic carbocycles. The monoisotopic (exact) mass is 723 g/mol. The zero-order valence-corrected chi connectivity index (χ0v) is 31.6. The molecule has 0 saturated carbocycles. The molecule has 0 radical (unpaired) electrons. The first kappa shape index (κ1) is 32.6. The number of rotatable bonds is 4. The van der Waals surface area contributed by atoms with Gasteiger partial charge in [-0.05, 0) is 92.0 Å². The molecule has 1 aromatic heterocycles. The summed E-state index contributed by atoms with van der Waals surface area (Å²) in [5.74, 6) is 4.73. The summed E-state index contributed by atoms with van der Waals surface area (Å²) < 4.78 is 13.1. The summed E-state index contributed by atoms with van der Waals surface area (Å²) in [7, 11) is 0. The summed E-state index contributed by atoms with van der Waals surface area (Å²) in [6, 6.07) is 52.9. The van der Waals surface area contributed by atoms with Gasteiger partial charge in [0, 0.05) is 27.5 Å². The van der Waals surface area contributed by atoms with E-state index in [-0.39, 0.29) is 10.8 Å². The summed E-state index contributed by atoms with van der Waals surface area (Å²) in [6.07, 6.45) is 0. The molecular weight excluding hydrogens is 687 g/mol. The van der Waals surface area contributed by atoms with E-state index < -0.39 is 0 Å². The van der Waals surface area contributed by atoms with Crippen LogP contribution < -0.4 is 9.47 Å². The smallest absolute Gasteiger partial charge is 0.170 e. The number of hydrogen-bond acceptors (Lipinski definition) is 5. The van der Waals surface area contributed by atoms with Gasteiger partial charge in [-0.25, -0.2) is 15.0 Å². The predicted molar refractivity (Wildman–Crippen MR) is 223 cm³/mol. The molecule has 5 nitrogen and oxygen atoms in total. The fourth-order valence-electron chi connectivity index (χ4n) is 8.99. The van der Waals surface area contributed by atoms with E-state index >= 15 is 0 Å². The third-order valence-corrected chi connectivity index (χ3v) is 12.0. The van der Waals surface area contributed by atoms with Crippen LogP contribution in [0.2, 0.25) is 0 Å². The molecule has 0 N–H and O–H groups in total. The summed E-state index contributed by atoms with van der Waals surface area (Å²) in [6.45, 7) is 9.14. The molecule has 0 bridgehead atoms. The second-order valence-electron chi connectivity index (χ2n) is 16.1. The van der Waals surface area contributed by atoms with E-state index in [4.69, 9.17) is 24.4 Å². The molecule has 268 valence electrons. The molecule has 0 unspecified atom stereocenters. The van der Waals surface area contributed by atoms with Crippen molar-refractivity contribution in [3.63, 3.8) is 0 Å². The van der Waals surface area contributed by atoms with Crippen LogP contribution in [0.15, 0.2) is 152 Å². The van der Waals surface area contributed by atoms with Crippen LogP contribution in [0.25, 0.3) is 67.5 Å². The molecule has 3 aliphatic rings. The number of nitrogens with zero attached hydrogens (tertiary/aromatic N) is 3. The SMILES string of the molecule is CC1(C)c2ccccc2-c2ccc(-c3nc(-c4ccccc4)nc(-c4cccc(-c5ccc6c(c5)Oc5cc7c(cc5O6)C(C)(C)c5ccccc5-7)c4)n3)cc21. The first-order valence-corrected chi connectivity index (χ1v) is 19.2. The fourth-order valence-corrected chi connectivity index (χ4v) is 8.99. The van der Waals surface area contributed by atoms with Crippen molar-refractivity contribution in [3.8, 4) is 90.5 Å². The number of fused-ring (bicyclic) bond motifs is 8. The van der Waals surface area contributed by atoms with E-state index in [9.17, 15) is 0 Å². The van der Waals surface area contributed by atoms with Gasteiger partial charge in [0.15, 0.2) is 40.5 Å². The number of hydrogen-bond donors (Lipinski definition) is 0. The maximum absolute atomic E-state index is 6.60. The first-order chi connectivity index (χ1) is 27.2. The molecule has 8 aromatic rings. The number of benzene rings is 7. The largest absolute Gasteiger partial charge is 0.450 e.